The predicted octanol–water partition coefficient (Wildman–Crippen LogP) is 2.36. The Kier molecular flexibility index (Phi) is 10.5. The Morgan fingerprint density at radius 3 is 2.38 bits per heavy atom. The van der Waals surface area contributed by atoms with Crippen molar-refractivity contribution in [2.75, 3.05) is 34.7 Å². The normalized spacial score (nSPS) is 12.0. The minimum Gasteiger partial charge on any atom is -0.352 e. The van der Waals surface area contributed by atoms with E-state index in [1.54, 1.807) is 19.2 Å². The molecule has 1 aromatic carbocycles. The number of guanidine groups is 1. The molecule has 0 aliphatic heterocycles. The number of hydrogen-bond donors (Lipinski definition) is 1. The van der Waals surface area contributed by atoms with Crippen molar-refractivity contribution in [3.8, 4) is 0 Å². The maximum atomic E-state index is 12.4. The Balaban J connectivity index is 0.00000529. The van der Waals surface area contributed by atoms with Crippen LogP contribution in [0.4, 0.5) is 0 Å². The van der Waals surface area contributed by atoms with Gasteiger partial charge in [0.05, 0.1) is 4.90 Å². The molecule has 1 N–H and O–H groups in total. The molecule has 0 amide bonds. The quantitative estimate of drug-likeness (QED) is 0.379. The van der Waals surface area contributed by atoms with Crippen LogP contribution in [0, 0.1) is 0 Å². The summed E-state index contributed by atoms with van der Waals surface area (Å²) in [6, 6.07) is 7.04. The topological polar surface area (TPSA) is 65.0 Å². The molecule has 0 unspecified atom stereocenters. The fraction of sp³-hybridized carbons (Fsp3) is 0.562. The van der Waals surface area contributed by atoms with E-state index < -0.39 is 10.0 Å². The highest BCUT2D eigenvalue weighted by Gasteiger charge is 2.20. The molecule has 0 fully saturated rings. The number of sulfonamides is 1. The lowest BCUT2D eigenvalue weighted by Crippen LogP contribution is -2.39. The Labute approximate surface area is 163 Å². The van der Waals surface area contributed by atoms with Crippen molar-refractivity contribution in [1.82, 2.24) is 14.5 Å². The van der Waals surface area contributed by atoms with Gasteiger partial charge in [-0.15, -0.1) is 24.0 Å². The van der Waals surface area contributed by atoms with E-state index in [2.05, 4.69) is 17.2 Å². The number of halogens is 1. The van der Waals surface area contributed by atoms with Gasteiger partial charge in [0.1, 0.15) is 0 Å². The van der Waals surface area contributed by atoms with Crippen molar-refractivity contribution in [2.24, 2.45) is 4.99 Å². The predicted molar refractivity (Wildman–Crippen MR) is 110 cm³/mol. The zero-order valence-electron chi connectivity index (χ0n) is 15.1. The average Bonchev–Trinajstić information content (AvgIpc) is 2.53. The van der Waals surface area contributed by atoms with Gasteiger partial charge in [0, 0.05) is 41.3 Å². The van der Waals surface area contributed by atoms with Crippen LogP contribution in [0.15, 0.2) is 34.2 Å². The number of nitrogens with zero attached hydrogens (tertiary/aromatic N) is 3. The lowest BCUT2D eigenvalue weighted by Gasteiger charge is -2.22. The third-order valence-corrected chi connectivity index (χ3v) is 5.50. The third kappa shape index (κ3) is 6.21. The molecule has 0 aliphatic carbocycles. The van der Waals surface area contributed by atoms with Crippen molar-refractivity contribution in [3.63, 3.8) is 0 Å². The average molecular weight is 468 g/mol. The monoisotopic (exact) mass is 468 g/mol. The van der Waals surface area contributed by atoms with E-state index in [9.17, 15) is 8.42 Å². The van der Waals surface area contributed by atoms with Gasteiger partial charge in [-0.05, 0) is 18.1 Å². The number of unbranched alkanes of at least 4 members (excludes halogenated alkanes) is 1. The van der Waals surface area contributed by atoms with Crippen molar-refractivity contribution in [1.29, 1.82) is 0 Å². The van der Waals surface area contributed by atoms with E-state index in [4.69, 9.17) is 0 Å². The molecule has 0 spiro atoms. The van der Waals surface area contributed by atoms with Gasteiger partial charge in [0.25, 0.3) is 0 Å². The molecule has 138 valence electrons. The maximum absolute atomic E-state index is 12.4. The maximum Gasteiger partial charge on any atom is 0.242 e. The standard InChI is InChI=1S/C16H28N4O2S.HI/c1-6-7-12-20(5)16(17-2)18-13-14-10-8-9-11-15(14)23(21,22)19(3)4;/h8-11H,6-7,12-13H2,1-5H3,(H,17,18);1H. The minimum absolute atomic E-state index is 0. The van der Waals surface area contributed by atoms with Crippen LogP contribution in [-0.2, 0) is 16.6 Å². The summed E-state index contributed by atoms with van der Waals surface area (Å²) in [6.07, 6.45) is 2.20. The molecule has 0 aliphatic rings. The van der Waals surface area contributed by atoms with Crippen LogP contribution in [0.3, 0.4) is 0 Å². The van der Waals surface area contributed by atoms with Gasteiger partial charge < -0.3 is 10.2 Å². The van der Waals surface area contributed by atoms with E-state index in [0.29, 0.717) is 11.4 Å². The summed E-state index contributed by atoms with van der Waals surface area (Å²) in [5.74, 6) is 0.760. The summed E-state index contributed by atoms with van der Waals surface area (Å²) in [7, 11) is 3.33. The molecule has 0 heterocycles. The van der Waals surface area contributed by atoms with E-state index >= 15 is 0 Å². The number of aliphatic imine (C=N–C) groups is 1. The number of rotatable bonds is 7. The number of benzene rings is 1. The lowest BCUT2D eigenvalue weighted by atomic mass is 10.2. The van der Waals surface area contributed by atoms with E-state index in [-0.39, 0.29) is 24.0 Å². The third-order valence-electron chi connectivity index (χ3n) is 3.59. The molecule has 0 atom stereocenters. The highest BCUT2D eigenvalue weighted by molar-refractivity contribution is 14.0. The minimum atomic E-state index is -3.46. The zero-order valence-corrected chi connectivity index (χ0v) is 18.3. The van der Waals surface area contributed by atoms with E-state index in [1.807, 2.05) is 24.1 Å². The molecular formula is C16H29IN4O2S. The lowest BCUT2D eigenvalue weighted by molar-refractivity contribution is 0.464. The Morgan fingerprint density at radius 2 is 1.83 bits per heavy atom. The van der Waals surface area contributed by atoms with Gasteiger partial charge in [0.15, 0.2) is 5.96 Å². The fourth-order valence-corrected chi connectivity index (χ4v) is 3.27. The van der Waals surface area contributed by atoms with Gasteiger partial charge in [0.2, 0.25) is 10.0 Å². The van der Waals surface area contributed by atoms with Crippen LogP contribution in [-0.4, -0.2) is 58.3 Å². The molecule has 0 saturated carbocycles. The van der Waals surface area contributed by atoms with Gasteiger partial charge in [-0.1, -0.05) is 31.5 Å². The van der Waals surface area contributed by atoms with Gasteiger partial charge in [-0.25, -0.2) is 12.7 Å². The molecule has 0 aromatic heterocycles. The molecule has 6 nitrogen and oxygen atoms in total. The van der Waals surface area contributed by atoms with Crippen molar-refractivity contribution in [2.45, 2.75) is 31.2 Å². The summed E-state index contributed by atoms with van der Waals surface area (Å²) < 4.78 is 26.0. The van der Waals surface area contributed by atoms with Gasteiger partial charge in [-0.3, -0.25) is 4.99 Å². The smallest absolute Gasteiger partial charge is 0.242 e. The van der Waals surface area contributed by atoms with Gasteiger partial charge >= 0.3 is 0 Å². The zero-order chi connectivity index (χ0) is 17.5. The molecule has 0 radical (unpaired) electrons. The number of nitrogens with one attached hydrogen (secondary N) is 1. The molecule has 24 heavy (non-hydrogen) atoms. The van der Waals surface area contributed by atoms with Crippen LogP contribution in [0.2, 0.25) is 0 Å². The molecule has 8 heteroatoms. The molecular weight excluding hydrogens is 439 g/mol. The summed E-state index contributed by atoms with van der Waals surface area (Å²) in [5.41, 5.74) is 0.728. The van der Waals surface area contributed by atoms with E-state index in [0.717, 1.165) is 30.9 Å². The van der Waals surface area contributed by atoms with Crippen molar-refractivity contribution < 1.29 is 8.42 Å². The summed E-state index contributed by atoms with van der Waals surface area (Å²) in [6.45, 7) is 3.46. The van der Waals surface area contributed by atoms with Crippen LogP contribution in [0.5, 0.6) is 0 Å². The second-order valence-electron chi connectivity index (χ2n) is 5.57. The highest BCUT2D eigenvalue weighted by Crippen LogP contribution is 2.18. The summed E-state index contributed by atoms with van der Waals surface area (Å²) in [4.78, 5) is 6.63. The SMILES string of the molecule is CCCCN(C)C(=NC)NCc1ccccc1S(=O)(=O)N(C)C.I. The second-order valence-corrected chi connectivity index (χ2v) is 7.69. The van der Waals surface area contributed by atoms with Crippen LogP contribution in [0.1, 0.15) is 25.3 Å². The Hall–Kier alpha value is -0.870. The number of hydrogen-bond acceptors (Lipinski definition) is 3. The molecule has 0 bridgehead atoms. The Bertz CT molecular complexity index is 633. The van der Waals surface area contributed by atoms with Gasteiger partial charge in [-0.2, -0.15) is 0 Å². The van der Waals surface area contributed by atoms with Crippen LogP contribution < -0.4 is 5.32 Å². The molecule has 1 rings (SSSR count). The first kappa shape index (κ1) is 23.1. The van der Waals surface area contributed by atoms with E-state index in [1.165, 1.54) is 18.4 Å². The first-order valence-corrected chi connectivity index (χ1v) is 9.20. The van der Waals surface area contributed by atoms with Crippen molar-refractivity contribution >= 4 is 40.0 Å². The summed E-state index contributed by atoms with van der Waals surface area (Å²) >= 11 is 0. The highest BCUT2D eigenvalue weighted by atomic mass is 127. The van der Waals surface area contributed by atoms with Crippen molar-refractivity contribution in [3.05, 3.63) is 29.8 Å². The first-order chi connectivity index (χ1) is 10.8. The largest absolute Gasteiger partial charge is 0.352 e. The fourth-order valence-electron chi connectivity index (χ4n) is 2.16. The second kappa shape index (κ2) is 10.9. The Morgan fingerprint density at radius 1 is 1.21 bits per heavy atom. The van der Waals surface area contributed by atoms with Crippen LogP contribution in [0.25, 0.3) is 0 Å². The first-order valence-electron chi connectivity index (χ1n) is 7.76. The summed E-state index contributed by atoms with van der Waals surface area (Å²) in [5, 5.41) is 3.24. The molecule has 1 aromatic rings. The van der Waals surface area contributed by atoms with Crippen LogP contribution >= 0.6 is 24.0 Å². The molecule has 0 saturated heterocycles.